The lowest BCUT2D eigenvalue weighted by molar-refractivity contribution is 0.627. The number of nitrogen functional groups attached to an aromatic ring is 1. The number of nitrogens with zero attached hydrogens (tertiary/aromatic N) is 1. The molecule has 1 aromatic carbocycles. The first kappa shape index (κ1) is 12.2. The van der Waals surface area contributed by atoms with Gasteiger partial charge in [-0.25, -0.2) is 9.37 Å². The molecular formula is C12H10ClFN2S. The van der Waals surface area contributed by atoms with Crippen LogP contribution in [0.3, 0.4) is 0 Å². The van der Waals surface area contributed by atoms with Crippen molar-refractivity contribution in [3.8, 4) is 0 Å². The van der Waals surface area contributed by atoms with Gasteiger partial charge in [0.15, 0.2) is 0 Å². The van der Waals surface area contributed by atoms with Gasteiger partial charge >= 0.3 is 0 Å². The maximum Gasteiger partial charge on any atom is 0.142 e. The third kappa shape index (κ3) is 3.11. The van der Waals surface area contributed by atoms with Crippen molar-refractivity contribution in [3.63, 3.8) is 0 Å². The number of nitrogens with two attached hydrogens (primary N) is 1. The molecule has 0 saturated heterocycles. The number of hydrogen-bond acceptors (Lipinski definition) is 3. The highest BCUT2D eigenvalue weighted by molar-refractivity contribution is 7.98. The molecule has 5 heteroatoms. The van der Waals surface area contributed by atoms with Crippen LogP contribution < -0.4 is 5.73 Å². The maximum atomic E-state index is 13.2. The summed E-state index contributed by atoms with van der Waals surface area (Å²) in [6, 6.07) is 8.42. The van der Waals surface area contributed by atoms with Crippen molar-refractivity contribution in [2.24, 2.45) is 0 Å². The van der Waals surface area contributed by atoms with E-state index in [1.807, 2.05) is 12.1 Å². The Hall–Kier alpha value is -1.26. The van der Waals surface area contributed by atoms with Crippen LogP contribution in [0.2, 0.25) is 5.02 Å². The fourth-order valence-corrected chi connectivity index (χ4v) is 2.42. The van der Waals surface area contributed by atoms with Gasteiger partial charge in [0.2, 0.25) is 0 Å². The van der Waals surface area contributed by atoms with Gasteiger partial charge in [0.05, 0.1) is 5.02 Å². The van der Waals surface area contributed by atoms with Crippen LogP contribution in [-0.2, 0) is 5.75 Å². The number of pyridine rings is 1. The summed E-state index contributed by atoms with van der Waals surface area (Å²) in [4.78, 5) is 4.95. The van der Waals surface area contributed by atoms with E-state index in [4.69, 9.17) is 17.3 Å². The second-order valence-corrected chi connectivity index (χ2v) is 4.85. The van der Waals surface area contributed by atoms with Crippen molar-refractivity contribution in [2.75, 3.05) is 5.73 Å². The number of benzene rings is 1. The van der Waals surface area contributed by atoms with Crippen molar-refractivity contribution in [3.05, 3.63) is 52.9 Å². The minimum Gasteiger partial charge on any atom is -0.384 e. The van der Waals surface area contributed by atoms with E-state index in [0.717, 1.165) is 10.5 Å². The summed E-state index contributed by atoms with van der Waals surface area (Å²) in [6.07, 6.45) is 1.69. The normalized spacial score (nSPS) is 10.5. The van der Waals surface area contributed by atoms with Crippen LogP contribution in [0, 0.1) is 5.82 Å². The maximum absolute atomic E-state index is 13.2. The average molecular weight is 269 g/mol. The lowest BCUT2D eigenvalue weighted by Crippen LogP contribution is -1.89. The summed E-state index contributed by atoms with van der Waals surface area (Å²) in [5.41, 5.74) is 6.26. The van der Waals surface area contributed by atoms with Crippen molar-refractivity contribution in [2.45, 2.75) is 10.6 Å². The van der Waals surface area contributed by atoms with E-state index < -0.39 is 0 Å². The summed E-state index contributed by atoms with van der Waals surface area (Å²) < 4.78 is 13.2. The van der Waals surface area contributed by atoms with Gasteiger partial charge in [-0.15, -0.1) is 11.8 Å². The van der Waals surface area contributed by atoms with Gasteiger partial charge in [-0.3, -0.25) is 0 Å². The molecule has 2 N–H and O–H groups in total. The third-order valence-electron chi connectivity index (χ3n) is 2.19. The topological polar surface area (TPSA) is 38.9 Å². The van der Waals surface area contributed by atoms with Gasteiger partial charge in [0.25, 0.3) is 0 Å². The molecule has 0 saturated carbocycles. The predicted octanol–water partition coefficient (Wildman–Crippen LogP) is 3.75. The number of anilines is 1. The fraction of sp³-hybridized carbons (Fsp3) is 0.0833. The first-order valence-corrected chi connectivity index (χ1v) is 6.30. The van der Waals surface area contributed by atoms with Crippen LogP contribution in [-0.4, -0.2) is 4.98 Å². The Morgan fingerprint density at radius 3 is 2.82 bits per heavy atom. The quantitative estimate of drug-likeness (QED) is 0.862. The Bertz CT molecular complexity index is 516. The molecule has 0 bridgehead atoms. The zero-order chi connectivity index (χ0) is 12.3. The second-order valence-electron chi connectivity index (χ2n) is 3.42. The van der Waals surface area contributed by atoms with Crippen LogP contribution in [0.15, 0.2) is 41.4 Å². The molecule has 1 aromatic heterocycles. The van der Waals surface area contributed by atoms with E-state index in [0.29, 0.717) is 11.6 Å². The van der Waals surface area contributed by atoms with Crippen molar-refractivity contribution < 1.29 is 4.39 Å². The molecule has 0 atom stereocenters. The molecule has 0 aliphatic rings. The van der Waals surface area contributed by atoms with Crippen LogP contribution in [0.4, 0.5) is 10.2 Å². The second kappa shape index (κ2) is 5.38. The smallest absolute Gasteiger partial charge is 0.142 e. The summed E-state index contributed by atoms with van der Waals surface area (Å²) in [5.74, 6) is 0.695. The number of thioether (sulfide) groups is 1. The van der Waals surface area contributed by atoms with E-state index in [-0.39, 0.29) is 10.8 Å². The number of rotatable bonds is 3. The molecular weight excluding hydrogens is 259 g/mol. The van der Waals surface area contributed by atoms with E-state index >= 15 is 0 Å². The largest absolute Gasteiger partial charge is 0.384 e. The number of hydrogen-bond donors (Lipinski definition) is 1. The van der Waals surface area contributed by atoms with Crippen molar-refractivity contribution >= 4 is 29.2 Å². The van der Waals surface area contributed by atoms with Crippen molar-refractivity contribution in [1.82, 2.24) is 4.98 Å². The van der Waals surface area contributed by atoms with Gasteiger partial charge in [-0.1, -0.05) is 23.7 Å². The molecule has 0 unspecified atom stereocenters. The van der Waals surface area contributed by atoms with E-state index in [9.17, 15) is 4.39 Å². The number of halogens is 2. The van der Waals surface area contributed by atoms with Gasteiger partial charge in [0, 0.05) is 16.8 Å². The summed E-state index contributed by atoms with van der Waals surface area (Å²) >= 11 is 7.40. The minimum atomic E-state index is -0.389. The molecule has 2 rings (SSSR count). The van der Waals surface area contributed by atoms with Crippen LogP contribution in [0.1, 0.15) is 5.56 Å². The molecule has 0 fully saturated rings. The van der Waals surface area contributed by atoms with Gasteiger partial charge < -0.3 is 5.73 Å². The summed E-state index contributed by atoms with van der Waals surface area (Å²) in [6.45, 7) is 0. The van der Waals surface area contributed by atoms with Crippen molar-refractivity contribution in [1.29, 1.82) is 0 Å². The summed E-state index contributed by atoms with van der Waals surface area (Å²) in [7, 11) is 0. The lowest BCUT2D eigenvalue weighted by atomic mass is 10.2. The highest BCUT2D eigenvalue weighted by Gasteiger charge is 2.06. The van der Waals surface area contributed by atoms with Crippen LogP contribution >= 0.6 is 23.4 Å². The Kier molecular flexibility index (Phi) is 3.86. The molecule has 88 valence electrons. The Balaban J connectivity index is 2.07. The van der Waals surface area contributed by atoms with Gasteiger partial charge in [-0.2, -0.15) is 0 Å². The molecule has 0 spiro atoms. The van der Waals surface area contributed by atoms with E-state index in [1.165, 1.54) is 17.8 Å². The minimum absolute atomic E-state index is 0.184. The molecule has 0 amide bonds. The van der Waals surface area contributed by atoms with Crippen LogP contribution in [0.25, 0.3) is 0 Å². The first-order chi connectivity index (χ1) is 8.16. The molecule has 0 aliphatic heterocycles. The van der Waals surface area contributed by atoms with E-state index in [1.54, 1.807) is 18.3 Å². The Morgan fingerprint density at radius 1 is 1.29 bits per heavy atom. The third-order valence-corrected chi connectivity index (χ3v) is 3.64. The van der Waals surface area contributed by atoms with Crippen LogP contribution in [0.5, 0.6) is 0 Å². The zero-order valence-electron chi connectivity index (χ0n) is 8.86. The zero-order valence-corrected chi connectivity index (χ0v) is 10.4. The van der Waals surface area contributed by atoms with E-state index in [2.05, 4.69) is 4.98 Å². The highest BCUT2D eigenvalue weighted by Crippen LogP contribution is 2.27. The van der Waals surface area contributed by atoms with Gasteiger partial charge in [0.1, 0.15) is 11.6 Å². The highest BCUT2D eigenvalue weighted by atomic mass is 35.5. The average Bonchev–Trinajstić information content (AvgIpc) is 2.33. The molecule has 0 radical (unpaired) electrons. The standard InChI is InChI=1S/C12H10ClFN2S/c13-12-8(2-1-3-10(12)14)7-17-9-4-5-11(15)16-6-9/h1-6H,7H2,(H2,15,16). The Morgan fingerprint density at radius 2 is 2.12 bits per heavy atom. The first-order valence-electron chi connectivity index (χ1n) is 4.94. The molecule has 2 nitrogen and oxygen atoms in total. The molecule has 1 heterocycles. The molecule has 17 heavy (non-hydrogen) atoms. The van der Waals surface area contributed by atoms with Gasteiger partial charge in [-0.05, 0) is 23.8 Å². The monoisotopic (exact) mass is 268 g/mol. The number of aromatic nitrogens is 1. The SMILES string of the molecule is Nc1ccc(SCc2cccc(F)c2Cl)cn1. The summed E-state index contributed by atoms with van der Waals surface area (Å²) in [5, 5.41) is 0.184. The lowest BCUT2D eigenvalue weighted by Gasteiger charge is -2.05. The molecule has 2 aromatic rings. The Labute approximate surface area is 108 Å². The predicted molar refractivity (Wildman–Crippen MR) is 69.6 cm³/mol. The fourth-order valence-electron chi connectivity index (χ4n) is 1.30. The molecule has 0 aliphatic carbocycles.